The van der Waals surface area contributed by atoms with E-state index in [0.717, 1.165) is 5.56 Å². The van der Waals surface area contributed by atoms with Crippen molar-refractivity contribution in [3.63, 3.8) is 0 Å². The lowest BCUT2D eigenvalue weighted by atomic mass is 10.0. The first-order valence-corrected chi connectivity index (χ1v) is 10.3. The van der Waals surface area contributed by atoms with Crippen LogP contribution in [-0.4, -0.2) is 59.8 Å². The summed E-state index contributed by atoms with van der Waals surface area (Å²) >= 11 is 0. The zero-order valence-electron chi connectivity index (χ0n) is 17.8. The Hall–Kier alpha value is -3.20. The SMILES string of the molecule is COC(=O)CCC(=O)N1CCC(n2nccc2NC(=O)[C@@H](OC)c2ccccc2)CC1. The van der Waals surface area contributed by atoms with E-state index in [4.69, 9.17) is 4.74 Å². The fourth-order valence-corrected chi connectivity index (χ4v) is 3.75. The minimum Gasteiger partial charge on any atom is -0.469 e. The molecule has 31 heavy (non-hydrogen) atoms. The van der Waals surface area contributed by atoms with Crippen LogP contribution < -0.4 is 5.32 Å². The van der Waals surface area contributed by atoms with Crippen LogP contribution in [-0.2, 0) is 23.9 Å². The van der Waals surface area contributed by atoms with Gasteiger partial charge < -0.3 is 19.7 Å². The standard InChI is InChI=1S/C22H28N4O5/c1-30-20(28)9-8-19(27)25-14-11-17(12-15-25)26-18(10-13-23-26)24-22(29)21(31-2)16-6-4-3-5-7-16/h3-7,10,13,17,21H,8-9,11-12,14-15H2,1-2H3,(H,24,29)/t21-/m0/s1. The zero-order valence-corrected chi connectivity index (χ0v) is 17.8. The predicted molar refractivity (Wildman–Crippen MR) is 113 cm³/mol. The lowest BCUT2D eigenvalue weighted by Gasteiger charge is -2.33. The molecule has 2 amide bonds. The number of nitrogens with one attached hydrogen (secondary N) is 1. The van der Waals surface area contributed by atoms with Crippen molar-refractivity contribution in [2.24, 2.45) is 0 Å². The van der Waals surface area contributed by atoms with Crippen LogP contribution in [0.4, 0.5) is 5.82 Å². The minimum atomic E-state index is -0.723. The van der Waals surface area contributed by atoms with Gasteiger partial charge in [-0.25, -0.2) is 4.68 Å². The third-order valence-corrected chi connectivity index (χ3v) is 5.43. The molecule has 2 aromatic rings. The molecule has 1 saturated heterocycles. The summed E-state index contributed by atoms with van der Waals surface area (Å²) in [6, 6.07) is 11.1. The number of esters is 1. The van der Waals surface area contributed by atoms with Gasteiger partial charge in [-0.05, 0) is 18.4 Å². The fourth-order valence-electron chi connectivity index (χ4n) is 3.75. The van der Waals surface area contributed by atoms with Gasteiger partial charge >= 0.3 is 5.97 Å². The van der Waals surface area contributed by atoms with Crippen LogP contribution in [0.1, 0.15) is 43.4 Å². The van der Waals surface area contributed by atoms with Gasteiger partial charge in [0.2, 0.25) is 5.91 Å². The Labute approximate surface area is 181 Å². The van der Waals surface area contributed by atoms with E-state index in [1.165, 1.54) is 14.2 Å². The van der Waals surface area contributed by atoms with Crippen molar-refractivity contribution in [2.45, 2.75) is 37.8 Å². The third-order valence-electron chi connectivity index (χ3n) is 5.43. The fraction of sp³-hybridized carbons (Fsp3) is 0.455. The molecule has 1 aliphatic heterocycles. The number of ether oxygens (including phenoxy) is 2. The molecule has 2 heterocycles. The molecule has 1 aliphatic rings. The van der Waals surface area contributed by atoms with E-state index in [-0.39, 0.29) is 36.7 Å². The molecule has 0 spiro atoms. The number of amides is 2. The van der Waals surface area contributed by atoms with Crippen LogP contribution in [0.2, 0.25) is 0 Å². The number of hydrogen-bond donors (Lipinski definition) is 1. The van der Waals surface area contributed by atoms with Crippen molar-refractivity contribution < 1.29 is 23.9 Å². The van der Waals surface area contributed by atoms with Crippen LogP contribution in [0.15, 0.2) is 42.6 Å². The van der Waals surface area contributed by atoms with E-state index < -0.39 is 6.10 Å². The van der Waals surface area contributed by atoms with Gasteiger partial charge in [0.15, 0.2) is 6.10 Å². The molecule has 166 valence electrons. The monoisotopic (exact) mass is 428 g/mol. The second-order valence-corrected chi connectivity index (χ2v) is 7.36. The molecule has 0 unspecified atom stereocenters. The number of benzene rings is 1. The molecule has 9 heteroatoms. The first-order chi connectivity index (χ1) is 15.0. The maximum Gasteiger partial charge on any atom is 0.306 e. The molecule has 9 nitrogen and oxygen atoms in total. The second-order valence-electron chi connectivity index (χ2n) is 7.36. The summed E-state index contributed by atoms with van der Waals surface area (Å²) < 4.78 is 11.8. The number of carbonyl (C=O) groups excluding carboxylic acids is 3. The zero-order chi connectivity index (χ0) is 22.2. The number of likely N-dealkylation sites (tertiary alicyclic amines) is 1. The third kappa shape index (κ3) is 5.69. The van der Waals surface area contributed by atoms with Crippen molar-refractivity contribution in [1.82, 2.24) is 14.7 Å². The molecular formula is C22H28N4O5. The van der Waals surface area contributed by atoms with Crippen LogP contribution in [0, 0.1) is 0 Å². The van der Waals surface area contributed by atoms with Gasteiger partial charge in [0, 0.05) is 32.7 Å². The van der Waals surface area contributed by atoms with Crippen molar-refractivity contribution in [3.8, 4) is 0 Å². The van der Waals surface area contributed by atoms with Crippen molar-refractivity contribution in [2.75, 3.05) is 32.6 Å². The molecule has 1 aromatic carbocycles. The first-order valence-electron chi connectivity index (χ1n) is 10.3. The second kappa shape index (κ2) is 10.7. The number of nitrogens with zero attached hydrogens (tertiary/aromatic N) is 3. The molecule has 1 atom stereocenters. The Morgan fingerprint density at radius 3 is 2.45 bits per heavy atom. The molecule has 0 bridgehead atoms. The first kappa shape index (κ1) is 22.5. The van der Waals surface area contributed by atoms with Crippen LogP contribution in [0.5, 0.6) is 0 Å². The average Bonchev–Trinajstić information content (AvgIpc) is 3.26. The Kier molecular flexibility index (Phi) is 7.77. The van der Waals surface area contributed by atoms with Crippen molar-refractivity contribution >= 4 is 23.6 Å². The summed E-state index contributed by atoms with van der Waals surface area (Å²) in [5.74, 6) is -0.113. The molecule has 1 N–H and O–H groups in total. The average molecular weight is 428 g/mol. The van der Waals surface area contributed by atoms with Gasteiger partial charge in [-0.1, -0.05) is 30.3 Å². The molecule has 0 aliphatic carbocycles. The molecule has 0 saturated carbocycles. The summed E-state index contributed by atoms with van der Waals surface area (Å²) in [5, 5.41) is 7.30. The predicted octanol–water partition coefficient (Wildman–Crippen LogP) is 2.33. The number of piperidine rings is 1. The van der Waals surface area contributed by atoms with Crippen LogP contribution in [0.25, 0.3) is 0 Å². The summed E-state index contributed by atoms with van der Waals surface area (Å²) in [6.45, 7) is 1.14. The van der Waals surface area contributed by atoms with E-state index in [2.05, 4.69) is 15.2 Å². The molecule has 1 aromatic heterocycles. The number of methoxy groups -OCH3 is 2. The van der Waals surface area contributed by atoms with E-state index in [0.29, 0.717) is 31.7 Å². The number of rotatable bonds is 8. The van der Waals surface area contributed by atoms with E-state index in [1.807, 2.05) is 30.3 Å². The smallest absolute Gasteiger partial charge is 0.306 e. The van der Waals surface area contributed by atoms with Crippen LogP contribution >= 0.6 is 0 Å². The van der Waals surface area contributed by atoms with Crippen LogP contribution in [0.3, 0.4) is 0 Å². The largest absolute Gasteiger partial charge is 0.469 e. The topological polar surface area (TPSA) is 103 Å². The van der Waals surface area contributed by atoms with Gasteiger partial charge in [-0.15, -0.1) is 0 Å². The lowest BCUT2D eigenvalue weighted by molar-refractivity contribution is -0.144. The Balaban J connectivity index is 1.58. The number of anilines is 1. The van der Waals surface area contributed by atoms with Gasteiger partial charge in [-0.2, -0.15) is 5.10 Å². The molecule has 3 rings (SSSR count). The van der Waals surface area contributed by atoms with Crippen molar-refractivity contribution in [1.29, 1.82) is 0 Å². The van der Waals surface area contributed by atoms with Gasteiger partial charge in [0.05, 0.1) is 25.8 Å². The highest BCUT2D eigenvalue weighted by molar-refractivity contribution is 5.94. The van der Waals surface area contributed by atoms with E-state index in [1.54, 1.807) is 21.8 Å². The summed E-state index contributed by atoms with van der Waals surface area (Å²) in [4.78, 5) is 38.1. The Morgan fingerprint density at radius 1 is 1.10 bits per heavy atom. The Bertz CT molecular complexity index is 890. The highest BCUT2D eigenvalue weighted by Crippen LogP contribution is 2.27. The number of hydrogen-bond acceptors (Lipinski definition) is 6. The Morgan fingerprint density at radius 2 is 1.81 bits per heavy atom. The molecular weight excluding hydrogens is 400 g/mol. The summed E-state index contributed by atoms with van der Waals surface area (Å²) in [5.41, 5.74) is 0.771. The molecule has 1 fully saturated rings. The number of carbonyl (C=O) groups is 3. The van der Waals surface area contributed by atoms with E-state index in [9.17, 15) is 14.4 Å². The van der Waals surface area contributed by atoms with Crippen molar-refractivity contribution in [3.05, 3.63) is 48.2 Å². The highest BCUT2D eigenvalue weighted by Gasteiger charge is 2.27. The quantitative estimate of drug-likeness (QED) is 0.648. The number of aromatic nitrogens is 2. The normalized spacial score (nSPS) is 15.4. The van der Waals surface area contributed by atoms with Gasteiger partial charge in [-0.3, -0.25) is 14.4 Å². The highest BCUT2D eigenvalue weighted by atomic mass is 16.5. The summed E-state index contributed by atoms with van der Waals surface area (Å²) in [7, 11) is 2.81. The summed E-state index contributed by atoms with van der Waals surface area (Å²) in [6.07, 6.45) is 2.58. The maximum absolute atomic E-state index is 12.8. The van der Waals surface area contributed by atoms with Gasteiger partial charge in [0.25, 0.3) is 5.91 Å². The minimum absolute atomic E-state index is 0.0522. The molecule has 0 radical (unpaired) electrons. The van der Waals surface area contributed by atoms with Gasteiger partial charge in [0.1, 0.15) is 5.82 Å². The van der Waals surface area contributed by atoms with E-state index >= 15 is 0 Å². The lowest BCUT2D eigenvalue weighted by Crippen LogP contribution is -2.39. The maximum atomic E-state index is 12.8.